The van der Waals surface area contributed by atoms with E-state index in [-0.39, 0.29) is 34.6 Å². The molecule has 0 saturated heterocycles. The average molecular weight is 470 g/mol. The molecule has 34 heavy (non-hydrogen) atoms. The molecule has 184 valence electrons. The van der Waals surface area contributed by atoms with Crippen molar-refractivity contribution >= 4 is 11.8 Å². The number of ether oxygens (including phenoxy) is 1. The number of amides is 2. The smallest absolute Gasteiger partial charge is 0.259 e. The van der Waals surface area contributed by atoms with Crippen LogP contribution in [0.25, 0.3) is 0 Å². The number of nitrogens with zero attached hydrogens (tertiary/aromatic N) is 3. The zero-order valence-electron chi connectivity index (χ0n) is 20.6. The second kappa shape index (κ2) is 9.68. The molecule has 2 amide bonds. The Bertz CT molecular complexity index is 1100. The molecule has 2 aliphatic rings. The van der Waals surface area contributed by atoms with E-state index < -0.39 is 0 Å². The predicted octanol–water partition coefficient (Wildman–Crippen LogP) is 3.64. The number of methoxy groups -OCH3 is 1. The molecule has 1 aliphatic carbocycles. The standard InChI is InChI=1S/C26H35N3O5/c1-18(20-9-8-16-34-20)27(3)24(31)23-19-10-13-28(25(32)26(2)11-6-5-7-12-26)14-15-29(19)22(30)17-21(23)33-4/h8-9,16-18H,5-7,10-15H2,1-4H3. The molecule has 0 bridgehead atoms. The van der Waals surface area contributed by atoms with Gasteiger partial charge in [-0.15, -0.1) is 0 Å². The molecule has 3 heterocycles. The Balaban J connectivity index is 1.65. The van der Waals surface area contributed by atoms with Gasteiger partial charge in [0.1, 0.15) is 17.1 Å². The summed E-state index contributed by atoms with van der Waals surface area (Å²) in [6.45, 7) is 5.25. The van der Waals surface area contributed by atoms with Crippen LogP contribution in [-0.2, 0) is 17.8 Å². The molecule has 1 aliphatic heterocycles. The SMILES string of the molecule is COc1cc(=O)n2c(c1C(=O)N(C)C(C)c1ccco1)CCN(C(=O)C1(C)CCCCC1)CC2. The quantitative estimate of drug-likeness (QED) is 0.668. The Morgan fingerprint density at radius 3 is 2.56 bits per heavy atom. The normalized spacial score (nSPS) is 18.5. The minimum Gasteiger partial charge on any atom is -0.496 e. The van der Waals surface area contributed by atoms with Gasteiger partial charge in [-0.1, -0.05) is 26.2 Å². The predicted molar refractivity (Wildman–Crippen MR) is 128 cm³/mol. The minimum absolute atomic E-state index is 0.163. The van der Waals surface area contributed by atoms with Crippen molar-refractivity contribution in [2.24, 2.45) is 5.41 Å². The van der Waals surface area contributed by atoms with E-state index in [4.69, 9.17) is 9.15 Å². The van der Waals surface area contributed by atoms with E-state index in [2.05, 4.69) is 6.92 Å². The molecule has 1 saturated carbocycles. The first-order chi connectivity index (χ1) is 16.3. The average Bonchev–Trinajstić information content (AvgIpc) is 3.29. The molecule has 0 spiro atoms. The Morgan fingerprint density at radius 2 is 1.91 bits per heavy atom. The van der Waals surface area contributed by atoms with Gasteiger partial charge in [-0.05, 0) is 31.9 Å². The maximum atomic E-state index is 13.7. The van der Waals surface area contributed by atoms with Crippen LogP contribution < -0.4 is 10.3 Å². The second-order valence-electron chi connectivity index (χ2n) is 9.80. The highest BCUT2D eigenvalue weighted by atomic mass is 16.5. The van der Waals surface area contributed by atoms with E-state index in [0.717, 1.165) is 25.7 Å². The maximum Gasteiger partial charge on any atom is 0.259 e. The number of fused-ring (bicyclic) bond motifs is 1. The highest BCUT2D eigenvalue weighted by Gasteiger charge is 2.38. The molecule has 0 N–H and O–H groups in total. The number of hydrogen-bond acceptors (Lipinski definition) is 5. The molecule has 2 aromatic rings. The zero-order valence-corrected chi connectivity index (χ0v) is 20.6. The molecular formula is C26H35N3O5. The fraction of sp³-hybridized carbons (Fsp3) is 0.577. The van der Waals surface area contributed by atoms with Crippen molar-refractivity contribution in [1.29, 1.82) is 0 Å². The molecule has 1 unspecified atom stereocenters. The minimum atomic E-state index is -0.339. The number of aromatic nitrogens is 1. The summed E-state index contributed by atoms with van der Waals surface area (Å²) in [5.74, 6) is 0.852. The number of carbonyl (C=O) groups excluding carboxylic acids is 2. The van der Waals surface area contributed by atoms with Gasteiger partial charge in [-0.25, -0.2) is 0 Å². The Labute approximate surface area is 200 Å². The zero-order chi connectivity index (χ0) is 24.5. The maximum absolute atomic E-state index is 13.7. The summed E-state index contributed by atoms with van der Waals surface area (Å²) in [6, 6.07) is 4.70. The lowest BCUT2D eigenvalue weighted by Gasteiger charge is -2.36. The topological polar surface area (TPSA) is 85.0 Å². The number of carbonyl (C=O) groups is 2. The van der Waals surface area contributed by atoms with E-state index in [0.29, 0.717) is 43.1 Å². The van der Waals surface area contributed by atoms with Gasteiger partial charge in [0.15, 0.2) is 0 Å². The third-order valence-electron chi connectivity index (χ3n) is 7.64. The molecule has 0 radical (unpaired) electrons. The summed E-state index contributed by atoms with van der Waals surface area (Å²) in [4.78, 5) is 43.6. The Kier molecular flexibility index (Phi) is 6.86. The van der Waals surface area contributed by atoms with E-state index >= 15 is 0 Å². The fourth-order valence-corrected chi connectivity index (χ4v) is 5.34. The largest absolute Gasteiger partial charge is 0.496 e. The van der Waals surface area contributed by atoms with Crippen LogP contribution in [0.15, 0.2) is 33.7 Å². The molecule has 8 heteroatoms. The van der Waals surface area contributed by atoms with Crippen molar-refractivity contribution in [2.75, 3.05) is 27.2 Å². The molecule has 8 nitrogen and oxygen atoms in total. The highest BCUT2D eigenvalue weighted by molar-refractivity contribution is 5.98. The molecule has 2 aromatic heterocycles. The third-order valence-corrected chi connectivity index (χ3v) is 7.64. The van der Waals surface area contributed by atoms with Gasteiger partial charge in [0, 0.05) is 50.3 Å². The summed E-state index contributed by atoms with van der Waals surface area (Å²) in [7, 11) is 3.18. The van der Waals surface area contributed by atoms with Crippen LogP contribution in [-0.4, -0.2) is 53.4 Å². The lowest BCUT2D eigenvalue weighted by molar-refractivity contribution is -0.143. The van der Waals surface area contributed by atoms with Crippen LogP contribution in [0, 0.1) is 5.41 Å². The van der Waals surface area contributed by atoms with Crippen LogP contribution in [0.1, 0.15) is 73.8 Å². The number of pyridine rings is 1. The summed E-state index contributed by atoms with van der Waals surface area (Å²) in [5.41, 5.74) is 0.441. The number of hydrogen-bond donors (Lipinski definition) is 0. The van der Waals surface area contributed by atoms with Crippen molar-refractivity contribution in [3.8, 4) is 5.75 Å². The van der Waals surface area contributed by atoms with Crippen LogP contribution in [0.2, 0.25) is 0 Å². The van der Waals surface area contributed by atoms with E-state index in [1.165, 1.54) is 19.6 Å². The lowest BCUT2D eigenvalue weighted by Crippen LogP contribution is -2.44. The summed E-state index contributed by atoms with van der Waals surface area (Å²) in [6.07, 6.45) is 7.14. The van der Waals surface area contributed by atoms with Gasteiger partial charge < -0.3 is 23.5 Å². The van der Waals surface area contributed by atoms with Gasteiger partial charge in [-0.3, -0.25) is 14.4 Å². The molecule has 1 fully saturated rings. The molecule has 1 atom stereocenters. The van der Waals surface area contributed by atoms with Crippen molar-refractivity contribution in [3.63, 3.8) is 0 Å². The summed E-state index contributed by atoms with van der Waals surface area (Å²) < 4.78 is 12.6. The van der Waals surface area contributed by atoms with Gasteiger partial charge in [0.25, 0.3) is 11.5 Å². The van der Waals surface area contributed by atoms with E-state index in [9.17, 15) is 14.4 Å². The summed E-state index contributed by atoms with van der Waals surface area (Å²) >= 11 is 0. The van der Waals surface area contributed by atoms with Crippen molar-refractivity contribution < 1.29 is 18.7 Å². The molecule has 0 aromatic carbocycles. The van der Waals surface area contributed by atoms with Crippen LogP contribution in [0.3, 0.4) is 0 Å². The monoisotopic (exact) mass is 469 g/mol. The Morgan fingerprint density at radius 1 is 1.18 bits per heavy atom. The van der Waals surface area contributed by atoms with Crippen LogP contribution >= 0.6 is 0 Å². The van der Waals surface area contributed by atoms with E-state index in [1.807, 2.05) is 17.9 Å². The van der Waals surface area contributed by atoms with Gasteiger partial charge in [0.2, 0.25) is 5.91 Å². The highest BCUT2D eigenvalue weighted by Crippen LogP contribution is 2.38. The fourth-order valence-electron chi connectivity index (χ4n) is 5.34. The van der Waals surface area contributed by atoms with Gasteiger partial charge >= 0.3 is 0 Å². The second-order valence-corrected chi connectivity index (χ2v) is 9.80. The van der Waals surface area contributed by atoms with Crippen molar-refractivity contribution in [2.45, 2.75) is 65.0 Å². The first-order valence-corrected chi connectivity index (χ1v) is 12.2. The molecular weight excluding hydrogens is 434 g/mol. The number of furan rings is 1. The van der Waals surface area contributed by atoms with Gasteiger partial charge in [-0.2, -0.15) is 0 Å². The van der Waals surface area contributed by atoms with Gasteiger partial charge in [0.05, 0.1) is 19.4 Å². The first kappa shape index (κ1) is 24.1. The Hall–Kier alpha value is -3.03. The molecule has 4 rings (SSSR count). The van der Waals surface area contributed by atoms with Crippen molar-refractivity contribution in [3.05, 3.63) is 51.8 Å². The van der Waals surface area contributed by atoms with Crippen LogP contribution in [0.4, 0.5) is 0 Å². The number of rotatable bonds is 5. The van der Waals surface area contributed by atoms with Crippen molar-refractivity contribution in [1.82, 2.24) is 14.4 Å². The van der Waals surface area contributed by atoms with E-state index in [1.54, 1.807) is 28.8 Å². The summed E-state index contributed by atoms with van der Waals surface area (Å²) in [5, 5.41) is 0. The lowest BCUT2D eigenvalue weighted by atomic mass is 9.74. The van der Waals surface area contributed by atoms with Crippen LogP contribution in [0.5, 0.6) is 5.75 Å². The third kappa shape index (κ3) is 4.38. The first-order valence-electron chi connectivity index (χ1n) is 12.2.